The molecule has 2 bridgehead atoms. The predicted octanol–water partition coefficient (Wildman–Crippen LogP) is 1.81. The molecule has 3 rings (SSSR count). The summed E-state index contributed by atoms with van der Waals surface area (Å²) in [6.45, 7) is 5.05. The second-order valence-corrected chi connectivity index (χ2v) is 5.15. The molecule has 1 aromatic heterocycles. The number of fused-ring (bicyclic) bond motifs is 2. The van der Waals surface area contributed by atoms with E-state index >= 15 is 0 Å². The first-order chi connectivity index (χ1) is 8.88. The van der Waals surface area contributed by atoms with Crippen molar-refractivity contribution in [2.45, 2.75) is 38.3 Å². The van der Waals surface area contributed by atoms with Gasteiger partial charge in [0.1, 0.15) is 0 Å². The highest BCUT2D eigenvalue weighted by molar-refractivity contribution is 5.52. The fourth-order valence-electron chi connectivity index (χ4n) is 3.05. The molecule has 0 aromatic carbocycles. The van der Waals surface area contributed by atoms with Gasteiger partial charge in [0, 0.05) is 43.1 Å². The maximum atomic E-state index is 5.62. The average molecular weight is 247 g/mol. The van der Waals surface area contributed by atoms with Crippen LogP contribution < -0.4 is 15.0 Å². The smallest absolute Gasteiger partial charge is 0.215 e. The lowest BCUT2D eigenvalue weighted by Crippen LogP contribution is -2.52. The summed E-state index contributed by atoms with van der Waals surface area (Å²) in [6.07, 6.45) is 5.48. The van der Waals surface area contributed by atoms with Crippen LogP contribution in [0.1, 0.15) is 26.2 Å². The van der Waals surface area contributed by atoms with Crippen molar-refractivity contribution < 1.29 is 4.74 Å². The van der Waals surface area contributed by atoms with Crippen molar-refractivity contribution in [3.63, 3.8) is 0 Å². The average Bonchev–Trinajstić information content (AvgIpc) is 2.66. The van der Waals surface area contributed by atoms with E-state index in [9.17, 15) is 0 Å². The summed E-state index contributed by atoms with van der Waals surface area (Å²) >= 11 is 0. The molecular weight excluding hydrogens is 226 g/mol. The van der Waals surface area contributed by atoms with Crippen LogP contribution in [0.15, 0.2) is 18.3 Å². The van der Waals surface area contributed by atoms with Gasteiger partial charge < -0.3 is 15.0 Å². The molecule has 1 N–H and O–H groups in total. The lowest BCUT2D eigenvalue weighted by Gasteiger charge is -2.37. The van der Waals surface area contributed by atoms with Gasteiger partial charge in [0.25, 0.3) is 0 Å². The molecule has 3 heterocycles. The number of piperazine rings is 1. The molecule has 0 spiro atoms. The number of nitrogens with one attached hydrogen (secondary N) is 1. The van der Waals surface area contributed by atoms with Crippen LogP contribution in [0.3, 0.4) is 0 Å². The number of hydrogen-bond acceptors (Lipinski definition) is 4. The molecule has 2 unspecified atom stereocenters. The van der Waals surface area contributed by atoms with Crippen LogP contribution in [0.5, 0.6) is 5.88 Å². The number of rotatable bonds is 4. The normalized spacial score (nSPS) is 26.4. The van der Waals surface area contributed by atoms with E-state index in [0.717, 1.165) is 32.0 Å². The molecule has 0 saturated carbocycles. The zero-order valence-electron chi connectivity index (χ0n) is 10.9. The summed E-state index contributed by atoms with van der Waals surface area (Å²) in [5.41, 5.74) is 1.27. The molecule has 4 nitrogen and oxygen atoms in total. The van der Waals surface area contributed by atoms with E-state index in [0.29, 0.717) is 12.1 Å². The van der Waals surface area contributed by atoms with Crippen LogP contribution in [0, 0.1) is 0 Å². The molecule has 18 heavy (non-hydrogen) atoms. The molecular formula is C14H21N3O. The molecule has 2 atom stereocenters. The minimum atomic E-state index is 0.644. The first-order valence-corrected chi connectivity index (χ1v) is 6.96. The minimum Gasteiger partial charge on any atom is -0.478 e. The highest BCUT2D eigenvalue weighted by Gasteiger charge is 2.36. The van der Waals surface area contributed by atoms with Gasteiger partial charge in [-0.1, -0.05) is 6.92 Å². The zero-order chi connectivity index (χ0) is 12.4. The molecule has 0 aliphatic carbocycles. The highest BCUT2D eigenvalue weighted by atomic mass is 16.5. The number of pyridine rings is 1. The lowest BCUT2D eigenvalue weighted by atomic mass is 10.2. The first kappa shape index (κ1) is 11.8. The number of ether oxygens (including phenoxy) is 1. The van der Waals surface area contributed by atoms with Crippen molar-refractivity contribution in [1.82, 2.24) is 10.3 Å². The third kappa shape index (κ3) is 2.17. The Hall–Kier alpha value is -1.29. The Morgan fingerprint density at radius 3 is 2.89 bits per heavy atom. The maximum absolute atomic E-state index is 5.62. The Balaban J connectivity index is 1.79. The Labute approximate surface area is 108 Å². The standard InChI is InChI=1S/C14H21N3O/c1-2-7-18-14-8-11(5-6-16-14)17-12-3-4-13(17)10-15-9-12/h5-6,8,12-13,15H,2-4,7,9-10H2,1H3. The number of anilines is 1. The number of hydrogen-bond donors (Lipinski definition) is 1. The Morgan fingerprint density at radius 2 is 2.17 bits per heavy atom. The number of aromatic nitrogens is 1. The van der Waals surface area contributed by atoms with Gasteiger partial charge in [0.2, 0.25) is 5.88 Å². The highest BCUT2D eigenvalue weighted by Crippen LogP contribution is 2.33. The van der Waals surface area contributed by atoms with Gasteiger partial charge in [-0.05, 0) is 25.3 Å². The van der Waals surface area contributed by atoms with Crippen LogP contribution in [0.25, 0.3) is 0 Å². The van der Waals surface area contributed by atoms with Gasteiger partial charge in [-0.2, -0.15) is 0 Å². The molecule has 4 heteroatoms. The third-order valence-corrected chi connectivity index (χ3v) is 3.85. The Morgan fingerprint density at radius 1 is 1.39 bits per heavy atom. The topological polar surface area (TPSA) is 37.4 Å². The van der Waals surface area contributed by atoms with Gasteiger partial charge in [-0.3, -0.25) is 0 Å². The van der Waals surface area contributed by atoms with Crippen molar-refractivity contribution in [2.24, 2.45) is 0 Å². The van der Waals surface area contributed by atoms with Crippen molar-refractivity contribution in [3.05, 3.63) is 18.3 Å². The zero-order valence-corrected chi connectivity index (χ0v) is 10.9. The molecule has 0 radical (unpaired) electrons. The van der Waals surface area contributed by atoms with Crippen LogP contribution in [0.2, 0.25) is 0 Å². The summed E-state index contributed by atoms with van der Waals surface area (Å²) in [7, 11) is 0. The first-order valence-electron chi connectivity index (χ1n) is 6.96. The predicted molar refractivity (Wildman–Crippen MR) is 72.2 cm³/mol. The van der Waals surface area contributed by atoms with Crippen LogP contribution >= 0.6 is 0 Å². The van der Waals surface area contributed by atoms with Crippen molar-refractivity contribution in [2.75, 3.05) is 24.6 Å². The lowest BCUT2D eigenvalue weighted by molar-refractivity contribution is 0.305. The van der Waals surface area contributed by atoms with Crippen LogP contribution in [-0.4, -0.2) is 36.8 Å². The van der Waals surface area contributed by atoms with Gasteiger partial charge >= 0.3 is 0 Å². The molecule has 98 valence electrons. The van der Waals surface area contributed by atoms with E-state index in [-0.39, 0.29) is 0 Å². The van der Waals surface area contributed by atoms with Crippen molar-refractivity contribution in [1.29, 1.82) is 0 Å². The summed E-state index contributed by atoms with van der Waals surface area (Å²) in [5.74, 6) is 0.757. The molecule has 2 aliphatic heterocycles. The summed E-state index contributed by atoms with van der Waals surface area (Å²) in [6, 6.07) is 5.48. The summed E-state index contributed by atoms with van der Waals surface area (Å²) in [5, 5.41) is 3.51. The molecule has 0 amide bonds. The number of nitrogens with zero attached hydrogens (tertiary/aromatic N) is 2. The van der Waals surface area contributed by atoms with Gasteiger partial charge in [0.15, 0.2) is 0 Å². The van der Waals surface area contributed by atoms with Crippen LogP contribution in [-0.2, 0) is 0 Å². The largest absolute Gasteiger partial charge is 0.478 e. The molecule has 2 fully saturated rings. The minimum absolute atomic E-state index is 0.644. The monoisotopic (exact) mass is 247 g/mol. The van der Waals surface area contributed by atoms with Gasteiger partial charge in [-0.25, -0.2) is 4.98 Å². The van der Waals surface area contributed by atoms with E-state index in [4.69, 9.17) is 4.74 Å². The van der Waals surface area contributed by atoms with Crippen LogP contribution in [0.4, 0.5) is 5.69 Å². The van der Waals surface area contributed by atoms with Gasteiger partial charge in [-0.15, -0.1) is 0 Å². The SMILES string of the molecule is CCCOc1cc(N2C3CCC2CNC3)ccn1. The van der Waals surface area contributed by atoms with E-state index in [1.54, 1.807) is 0 Å². The van der Waals surface area contributed by atoms with E-state index in [1.165, 1.54) is 18.5 Å². The van der Waals surface area contributed by atoms with Crippen molar-refractivity contribution in [3.8, 4) is 5.88 Å². The maximum Gasteiger partial charge on any atom is 0.215 e. The molecule has 2 saturated heterocycles. The molecule has 2 aliphatic rings. The van der Waals surface area contributed by atoms with E-state index < -0.39 is 0 Å². The van der Waals surface area contributed by atoms with E-state index in [2.05, 4.69) is 34.3 Å². The second-order valence-electron chi connectivity index (χ2n) is 5.15. The Kier molecular flexibility index (Phi) is 3.37. The molecule has 1 aromatic rings. The third-order valence-electron chi connectivity index (χ3n) is 3.85. The summed E-state index contributed by atoms with van der Waals surface area (Å²) in [4.78, 5) is 6.83. The van der Waals surface area contributed by atoms with E-state index in [1.807, 2.05) is 6.20 Å². The fourth-order valence-corrected chi connectivity index (χ4v) is 3.05. The quantitative estimate of drug-likeness (QED) is 0.880. The van der Waals surface area contributed by atoms with Gasteiger partial charge in [0.05, 0.1) is 6.61 Å². The Bertz CT molecular complexity index is 394. The van der Waals surface area contributed by atoms with Crippen molar-refractivity contribution >= 4 is 5.69 Å². The fraction of sp³-hybridized carbons (Fsp3) is 0.643. The second kappa shape index (κ2) is 5.14. The summed E-state index contributed by atoms with van der Waals surface area (Å²) < 4.78 is 5.62.